The Kier molecular flexibility index (Phi) is 5.78. The van der Waals surface area contributed by atoms with Crippen molar-refractivity contribution in [2.45, 2.75) is 6.04 Å². The fourth-order valence-corrected chi connectivity index (χ4v) is 3.63. The van der Waals surface area contributed by atoms with Crippen LogP contribution < -0.4 is 15.4 Å². The lowest BCUT2D eigenvalue weighted by atomic mass is 10.0. The summed E-state index contributed by atoms with van der Waals surface area (Å²) in [6, 6.07) is 27.4. The maximum Gasteiger partial charge on any atom is 0.229 e. The highest BCUT2D eigenvalue weighted by Crippen LogP contribution is 2.35. The Morgan fingerprint density at radius 2 is 1.37 bits per heavy atom. The maximum absolute atomic E-state index is 11.4. The van der Waals surface area contributed by atoms with Gasteiger partial charge >= 0.3 is 0 Å². The molecule has 140 valence electrons. The molecular weight excluding hydrogens is 358 g/mol. The van der Waals surface area contributed by atoms with Crippen molar-refractivity contribution < 1.29 is 8.42 Å². The van der Waals surface area contributed by atoms with E-state index in [9.17, 15) is 8.42 Å². The van der Waals surface area contributed by atoms with Crippen LogP contribution >= 0.6 is 0 Å². The highest BCUT2D eigenvalue weighted by Gasteiger charge is 2.21. The lowest BCUT2D eigenvalue weighted by Crippen LogP contribution is -2.30. The second-order valence-electron chi connectivity index (χ2n) is 6.29. The first-order valence-corrected chi connectivity index (χ1v) is 10.5. The standard InChI is InChI=1S/C21H23N3O2S/c1-27(25,26)23-18-12-14-20(15-13-18)24(19-10-6-3-7-11-19)21(16-22)17-8-4-2-5-9-17/h2-15,21,23H,16,22H2,1H3. The molecule has 0 aromatic heterocycles. The molecule has 3 rings (SSSR count). The molecular formula is C21H23N3O2S. The summed E-state index contributed by atoms with van der Waals surface area (Å²) in [5, 5.41) is 0. The number of rotatable bonds is 7. The van der Waals surface area contributed by atoms with E-state index in [2.05, 4.69) is 21.8 Å². The van der Waals surface area contributed by atoms with Gasteiger partial charge in [0.25, 0.3) is 0 Å². The Bertz CT molecular complexity index is 959. The third-order valence-corrected chi connectivity index (χ3v) is 4.81. The van der Waals surface area contributed by atoms with E-state index in [-0.39, 0.29) is 6.04 Å². The highest BCUT2D eigenvalue weighted by molar-refractivity contribution is 7.92. The smallest absolute Gasteiger partial charge is 0.229 e. The summed E-state index contributed by atoms with van der Waals surface area (Å²) in [5.41, 5.74) is 9.74. The van der Waals surface area contributed by atoms with Crippen LogP contribution in [0.15, 0.2) is 84.9 Å². The summed E-state index contributed by atoms with van der Waals surface area (Å²) < 4.78 is 25.4. The minimum atomic E-state index is -3.31. The number of hydrogen-bond acceptors (Lipinski definition) is 4. The van der Waals surface area contributed by atoms with Crippen molar-refractivity contribution in [1.82, 2.24) is 0 Å². The third-order valence-electron chi connectivity index (χ3n) is 4.20. The molecule has 3 N–H and O–H groups in total. The Labute approximate surface area is 160 Å². The lowest BCUT2D eigenvalue weighted by Gasteiger charge is -2.33. The first-order chi connectivity index (χ1) is 13.0. The van der Waals surface area contributed by atoms with Gasteiger partial charge < -0.3 is 10.6 Å². The zero-order valence-corrected chi connectivity index (χ0v) is 15.9. The van der Waals surface area contributed by atoms with E-state index in [0.717, 1.165) is 23.2 Å². The molecule has 1 atom stereocenters. The van der Waals surface area contributed by atoms with Gasteiger partial charge in [0.05, 0.1) is 12.3 Å². The van der Waals surface area contributed by atoms with Crippen molar-refractivity contribution >= 4 is 27.1 Å². The fourth-order valence-electron chi connectivity index (χ4n) is 3.07. The zero-order chi connectivity index (χ0) is 19.3. The van der Waals surface area contributed by atoms with E-state index in [1.807, 2.05) is 60.7 Å². The van der Waals surface area contributed by atoms with Crippen LogP contribution in [-0.4, -0.2) is 21.2 Å². The molecule has 0 heterocycles. The molecule has 0 saturated carbocycles. The monoisotopic (exact) mass is 381 g/mol. The maximum atomic E-state index is 11.4. The van der Waals surface area contributed by atoms with E-state index in [0.29, 0.717) is 12.2 Å². The molecule has 3 aromatic carbocycles. The normalized spacial score (nSPS) is 12.4. The molecule has 0 aliphatic heterocycles. The van der Waals surface area contributed by atoms with Crippen LogP contribution in [0.2, 0.25) is 0 Å². The number of nitrogens with two attached hydrogens (primary N) is 1. The van der Waals surface area contributed by atoms with E-state index in [4.69, 9.17) is 5.73 Å². The van der Waals surface area contributed by atoms with Gasteiger partial charge in [-0.05, 0) is 42.0 Å². The van der Waals surface area contributed by atoms with Crippen LogP contribution in [-0.2, 0) is 10.0 Å². The molecule has 3 aromatic rings. The largest absolute Gasteiger partial charge is 0.333 e. The molecule has 1 unspecified atom stereocenters. The van der Waals surface area contributed by atoms with Gasteiger partial charge in [-0.1, -0.05) is 48.5 Å². The lowest BCUT2D eigenvalue weighted by molar-refractivity contribution is 0.607. The summed E-state index contributed by atoms with van der Waals surface area (Å²) in [6.45, 7) is 0.433. The van der Waals surface area contributed by atoms with Gasteiger partial charge in [-0.2, -0.15) is 0 Å². The van der Waals surface area contributed by atoms with Gasteiger partial charge in [-0.25, -0.2) is 8.42 Å². The van der Waals surface area contributed by atoms with Crippen molar-refractivity contribution in [2.24, 2.45) is 5.73 Å². The predicted octanol–water partition coefficient (Wildman–Crippen LogP) is 3.90. The second kappa shape index (κ2) is 8.24. The minimum Gasteiger partial charge on any atom is -0.333 e. The number of benzene rings is 3. The minimum absolute atomic E-state index is 0.0534. The van der Waals surface area contributed by atoms with Gasteiger partial charge in [0.2, 0.25) is 10.0 Å². The van der Waals surface area contributed by atoms with Gasteiger partial charge in [0.1, 0.15) is 0 Å². The molecule has 5 nitrogen and oxygen atoms in total. The Balaban J connectivity index is 2.03. The highest BCUT2D eigenvalue weighted by atomic mass is 32.2. The van der Waals surface area contributed by atoms with Crippen LogP contribution in [0.4, 0.5) is 17.1 Å². The third kappa shape index (κ3) is 4.87. The van der Waals surface area contributed by atoms with Crippen LogP contribution in [0.5, 0.6) is 0 Å². The number of para-hydroxylation sites is 1. The van der Waals surface area contributed by atoms with Crippen molar-refractivity contribution in [2.75, 3.05) is 22.4 Å². The van der Waals surface area contributed by atoms with E-state index >= 15 is 0 Å². The van der Waals surface area contributed by atoms with Gasteiger partial charge in [0.15, 0.2) is 0 Å². The first kappa shape index (κ1) is 18.9. The number of nitrogens with one attached hydrogen (secondary N) is 1. The molecule has 0 saturated heterocycles. The van der Waals surface area contributed by atoms with Crippen molar-refractivity contribution in [3.05, 3.63) is 90.5 Å². The van der Waals surface area contributed by atoms with Crippen molar-refractivity contribution in [3.8, 4) is 0 Å². The SMILES string of the molecule is CS(=O)(=O)Nc1ccc(N(c2ccccc2)C(CN)c2ccccc2)cc1. The Morgan fingerprint density at radius 1 is 0.852 bits per heavy atom. The summed E-state index contributed by atoms with van der Waals surface area (Å²) in [5.74, 6) is 0. The second-order valence-corrected chi connectivity index (χ2v) is 8.04. The van der Waals surface area contributed by atoms with Gasteiger partial charge in [-0.3, -0.25) is 4.72 Å². The quantitative estimate of drug-likeness (QED) is 0.651. The van der Waals surface area contributed by atoms with E-state index < -0.39 is 10.0 Å². The van der Waals surface area contributed by atoms with Crippen LogP contribution in [0.3, 0.4) is 0 Å². The Hall–Kier alpha value is -2.83. The molecule has 0 amide bonds. The van der Waals surface area contributed by atoms with Crippen LogP contribution in [0, 0.1) is 0 Å². The average molecular weight is 382 g/mol. The van der Waals surface area contributed by atoms with Crippen molar-refractivity contribution in [1.29, 1.82) is 0 Å². The molecule has 0 bridgehead atoms. The predicted molar refractivity (Wildman–Crippen MR) is 112 cm³/mol. The Morgan fingerprint density at radius 3 is 1.89 bits per heavy atom. The summed E-state index contributed by atoms with van der Waals surface area (Å²) in [4.78, 5) is 2.17. The molecule has 0 aliphatic rings. The van der Waals surface area contributed by atoms with Gasteiger partial charge in [0, 0.05) is 23.6 Å². The molecule has 27 heavy (non-hydrogen) atoms. The number of hydrogen-bond donors (Lipinski definition) is 2. The average Bonchev–Trinajstić information content (AvgIpc) is 2.67. The zero-order valence-electron chi connectivity index (χ0n) is 15.1. The van der Waals surface area contributed by atoms with Crippen LogP contribution in [0.1, 0.15) is 11.6 Å². The van der Waals surface area contributed by atoms with Crippen LogP contribution in [0.25, 0.3) is 0 Å². The fraction of sp³-hybridized carbons (Fsp3) is 0.143. The topological polar surface area (TPSA) is 75.4 Å². The summed E-state index contributed by atoms with van der Waals surface area (Å²) >= 11 is 0. The number of nitrogens with zero attached hydrogens (tertiary/aromatic N) is 1. The summed E-state index contributed by atoms with van der Waals surface area (Å²) in [6.07, 6.45) is 1.14. The molecule has 6 heteroatoms. The van der Waals surface area contributed by atoms with E-state index in [1.54, 1.807) is 12.1 Å². The first-order valence-electron chi connectivity index (χ1n) is 8.65. The molecule has 0 spiro atoms. The molecule has 0 aliphatic carbocycles. The molecule has 0 fully saturated rings. The van der Waals surface area contributed by atoms with E-state index in [1.165, 1.54) is 0 Å². The number of sulfonamides is 1. The molecule has 0 radical (unpaired) electrons. The van der Waals surface area contributed by atoms with Crippen molar-refractivity contribution in [3.63, 3.8) is 0 Å². The number of anilines is 3. The van der Waals surface area contributed by atoms with Gasteiger partial charge in [-0.15, -0.1) is 0 Å². The summed E-state index contributed by atoms with van der Waals surface area (Å²) in [7, 11) is -3.31.